The molecule has 0 N–H and O–H groups in total. The fourth-order valence-corrected chi connectivity index (χ4v) is 5.67. The van der Waals surface area contributed by atoms with Crippen LogP contribution >= 0.6 is 34.8 Å². The van der Waals surface area contributed by atoms with Crippen molar-refractivity contribution in [2.75, 3.05) is 13.1 Å². The van der Waals surface area contributed by atoms with Gasteiger partial charge in [-0.25, -0.2) is 9.97 Å². The molecule has 4 aromatic rings. The van der Waals surface area contributed by atoms with Crippen LogP contribution in [0.25, 0.3) is 22.4 Å². The normalized spacial score (nSPS) is 14.8. The predicted octanol–water partition coefficient (Wildman–Crippen LogP) is 7.53. The lowest BCUT2D eigenvalue weighted by Gasteiger charge is -2.40. The highest BCUT2D eigenvalue weighted by molar-refractivity contribution is 6.36. The van der Waals surface area contributed by atoms with Gasteiger partial charge in [-0.05, 0) is 61.2 Å². The Morgan fingerprint density at radius 3 is 2.13 bits per heavy atom. The smallest absolute Gasteiger partial charge is 0.291 e. The van der Waals surface area contributed by atoms with Crippen molar-refractivity contribution in [2.45, 2.75) is 25.2 Å². The van der Waals surface area contributed by atoms with Crippen molar-refractivity contribution in [3.05, 3.63) is 105 Å². The molecule has 0 atom stereocenters. The second kappa shape index (κ2) is 10.9. The molecule has 0 aliphatic carbocycles. The molecule has 0 radical (unpaired) electrons. The molecule has 192 valence electrons. The summed E-state index contributed by atoms with van der Waals surface area (Å²) >= 11 is 18.8. The van der Waals surface area contributed by atoms with Crippen LogP contribution in [0.1, 0.15) is 35.9 Å². The minimum Gasteiger partial charge on any atom is -0.336 e. The van der Waals surface area contributed by atoms with Gasteiger partial charge in [-0.1, -0.05) is 77.3 Å². The third-order valence-electron chi connectivity index (χ3n) is 7.23. The zero-order valence-corrected chi connectivity index (χ0v) is 22.9. The van der Waals surface area contributed by atoms with Crippen molar-refractivity contribution in [1.82, 2.24) is 14.9 Å². The molecule has 1 aliphatic rings. The van der Waals surface area contributed by atoms with Crippen LogP contribution in [-0.2, 0) is 10.2 Å². The molecule has 0 unspecified atom stereocenters. The molecule has 5 rings (SSSR count). The quantitative estimate of drug-likeness (QED) is 0.251. The van der Waals surface area contributed by atoms with Crippen molar-refractivity contribution < 1.29 is 9.59 Å². The van der Waals surface area contributed by atoms with E-state index in [1.165, 1.54) is 0 Å². The maximum absolute atomic E-state index is 13.6. The Kier molecular flexibility index (Phi) is 7.53. The van der Waals surface area contributed by atoms with Gasteiger partial charge in [0.2, 0.25) is 5.82 Å². The van der Waals surface area contributed by atoms with Crippen molar-refractivity contribution in [2.24, 2.45) is 0 Å². The summed E-state index contributed by atoms with van der Waals surface area (Å²) in [5.74, 6) is -0.109. The first-order chi connectivity index (χ1) is 18.3. The van der Waals surface area contributed by atoms with E-state index in [0.29, 0.717) is 57.8 Å². The lowest BCUT2D eigenvalue weighted by molar-refractivity contribution is -0.124. The average molecular weight is 565 g/mol. The van der Waals surface area contributed by atoms with E-state index in [4.69, 9.17) is 39.8 Å². The van der Waals surface area contributed by atoms with E-state index in [0.717, 1.165) is 11.1 Å². The molecule has 1 fully saturated rings. The number of rotatable bonds is 5. The maximum Gasteiger partial charge on any atom is 0.291 e. The van der Waals surface area contributed by atoms with E-state index in [9.17, 15) is 9.59 Å². The second-order valence-electron chi connectivity index (χ2n) is 9.38. The van der Waals surface area contributed by atoms with Crippen LogP contribution < -0.4 is 0 Å². The third-order valence-corrected chi connectivity index (χ3v) is 8.03. The van der Waals surface area contributed by atoms with E-state index in [1.807, 2.05) is 42.5 Å². The van der Waals surface area contributed by atoms with Crippen molar-refractivity contribution >= 4 is 46.5 Å². The van der Waals surface area contributed by atoms with Gasteiger partial charge < -0.3 is 4.90 Å². The number of benzene rings is 3. The van der Waals surface area contributed by atoms with Gasteiger partial charge in [0.05, 0.1) is 16.1 Å². The van der Waals surface area contributed by atoms with Gasteiger partial charge >= 0.3 is 0 Å². The standard InChI is InChI=1S/C30H24Cl3N3O2/c1-19(37)30(21-5-3-2-4-6-21)13-15-36(16-14-30)29(38)28-34-18-25(20-7-9-22(31)10-8-20)27(35-28)24-12-11-23(32)17-26(24)33/h2-12,17-18H,13-16H2,1H3. The Hall–Kier alpha value is -3.25. The van der Waals surface area contributed by atoms with Crippen molar-refractivity contribution in [1.29, 1.82) is 0 Å². The molecule has 0 bridgehead atoms. The number of carbonyl (C=O) groups excluding carboxylic acids is 2. The molecule has 1 aliphatic heterocycles. The number of halogens is 3. The Morgan fingerprint density at radius 2 is 1.50 bits per heavy atom. The van der Waals surface area contributed by atoms with Crippen LogP contribution in [0.2, 0.25) is 15.1 Å². The van der Waals surface area contributed by atoms with E-state index in [2.05, 4.69) is 4.98 Å². The maximum atomic E-state index is 13.6. The van der Waals surface area contributed by atoms with Crippen LogP contribution in [0.3, 0.4) is 0 Å². The van der Waals surface area contributed by atoms with Gasteiger partial charge in [-0.3, -0.25) is 9.59 Å². The number of amides is 1. The highest BCUT2D eigenvalue weighted by atomic mass is 35.5. The first-order valence-corrected chi connectivity index (χ1v) is 13.4. The monoisotopic (exact) mass is 563 g/mol. The van der Waals surface area contributed by atoms with Crippen molar-refractivity contribution in [3.8, 4) is 22.4 Å². The molecule has 1 amide bonds. The fraction of sp³-hybridized carbons (Fsp3) is 0.200. The minimum atomic E-state index is -0.598. The highest BCUT2D eigenvalue weighted by Crippen LogP contribution is 2.38. The topological polar surface area (TPSA) is 63.2 Å². The zero-order chi connectivity index (χ0) is 26.9. The van der Waals surface area contributed by atoms with Crippen LogP contribution in [0, 0.1) is 0 Å². The number of piperidine rings is 1. The van der Waals surface area contributed by atoms with E-state index in [-0.39, 0.29) is 17.5 Å². The average Bonchev–Trinajstić information content (AvgIpc) is 2.93. The summed E-state index contributed by atoms with van der Waals surface area (Å²) < 4.78 is 0. The summed E-state index contributed by atoms with van der Waals surface area (Å²) in [6.07, 6.45) is 2.71. The molecule has 3 aromatic carbocycles. The Balaban J connectivity index is 1.48. The number of hydrogen-bond donors (Lipinski definition) is 0. The van der Waals surface area contributed by atoms with Gasteiger partial charge in [-0.15, -0.1) is 0 Å². The highest BCUT2D eigenvalue weighted by Gasteiger charge is 2.41. The zero-order valence-electron chi connectivity index (χ0n) is 20.6. The summed E-state index contributed by atoms with van der Waals surface area (Å²) in [5.41, 5.74) is 3.09. The molecule has 2 heterocycles. The predicted molar refractivity (Wildman–Crippen MR) is 152 cm³/mol. The molecule has 8 heteroatoms. The summed E-state index contributed by atoms with van der Waals surface area (Å²) in [4.78, 5) is 37.2. The number of Topliss-reactive ketones (excluding diaryl/α,β-unsaturated/α-hetero) is 1. The largest absolute Gasteiger partial charge is 0.336 e. The third kappa shape index (κ3) is 5.06. The number of aromatic nitrogens is 2. The summed E-state index contributed by atoms with van der Waals surface area (Å²) in [6, 6.07) is 22.2. The Bertz CT molecular complexity index is 1500. The molecule has 1 aromatic heterocycles. The van der Waals surface area contributed by atoms with Crippen LogP contribution in [0.4, 0.5) is 0 Å². The lowest BCUT2D eigenvalue weighted by atomic mass is 9.70. The summed E-state index contributed by atoms with van der Waals surface area (Å²) in [5, 5.41) is 1.52. The first-order valence-electron chi connectivity index (χ1n) is 12.2. The minimum absolute atomic E-state index is 0.0683. The molecule has 1 saturated heterocycles. The lowest BCUT2D eigenvalue weighted by Crippen LogP contribution is -2.48. The van der Waals surface area contributed by atoms with Gasteiger partial charge in [0.15, 0.2) is 0 Å². The van der Waals surface area contributed by atoms with Crippen LogP contribution in [0.5, 0.6) is 0 Å². The Labute approximate surface area is 236 Å². The number of likely N-dealkylation sites (tertiary alicyclic amines) is 1. The SMILES string of the molecule is CC(=O)C1(c2ccccc2)CCN(C(=O)c2ncc(-c3ccc(Cl)cc3)c(-c3ccc(Cl)cc3Cl)n2)CC1. The molecular formula is C30H24Cl3N3O2. The van der Waals surface area contributed by atoms with Gasteiger partial charge in [0.1, 0.15) is 5.78 Å². The van der Waals surface area contributed by atoms with Gasteiger partial charge in [0.25, 0.3) is 5.91 Å². The summed E-state index contributed by atoms with van der Waals surface area (Å²) in [7, 11) is 0. The van der Waals surface area contributed by atoms with Gasteiger partial charge in [0, 0.05) is 40.5 Å². The van der Waals surface area contributed by atoms with E-state index >= 15 is 0 Å². The molecule has 0 saturated carbocycles. The number of ketones is 1. The molecule has 38 heavy (non-hydrogen) atoms. The number of carbonyl (C=O) groups is 2. The Morgan fingerprint density at radius 1 is 0.842 bits per heavy atom. The van der Waals surface area contributed by atoms with E-state index < -0.39 is 5.41 Å². The second-order valence-corrected chi connectivity index (χ2v) is 10.7. The number of nitrogens with zero attached hydrogens (tertiary/aromatic N) is 3. The van der Waals surface area contributed by atoms with Crippen LogP contribution in [0.15, 0.2) is 79.0 Å². The molecule has 5 nitrogen and oxygen atoms in total. The van der Waals surface area contributed by atoms with Crippen molar-refractivity contribution in [3.63, 3.8) is 0 Å². The van der Waals surface area contributed by atoms with E-state index in [1.54, 1.807) is 48.4 Å². The first kappa shape index (κ1) is 26.4. The molecule has 0 spiro atoms. The number of hydrogen-bond acceptors (Lipinski definition) is 4. The van der Waals surface area contributed by atoms with Gasteiger partial charge in [-0.2, -0.15) is 0 Å². The fourth-order valence-electron chi connectivity index (χ4n) is 5.05. The molecular weight excluding hydrogens is 541 g/mol. The summed E-state index contributed by atoms with van der Waals surface area (Å²) in [6.45, 7) is 2.48. The van der Waals surface area contributed by atoms with Crippen LogP contribution in [-0.4, -0.2) is 39.6 Å².